The molecular formula is C14H21ClN2. The molecule has 3 heteroatoms. The Hall–Kier alpha value is -0.570. The Morgan fingerprint density at radius 3 is 2.76 bits per heavy atom. The highest BCUT2D eigenvalue weighted by atomic mass is 35.5. The van der Waals surface area contributed by atoms with Gasteiger partial charge in [-0.1, -0.05) is 36.2 Å². The molecule has 1 heterocycles. The largest absolute Gasteiger partial charge is 0.329 e. The molecule has 1 aromatic carbocycles. The van der Waals surface area contributed by atoms with Crippen LogP contribution in [0.2, 0.25) is 5.02 Å². The van der Waals surface area contributed by atoms with Crippen LogP contribution in [0.3, 0.4) is 0 Å². The van der Waals surface area contributed by atoms with E-state index in [1.54, 1.807) is 0 Å². The van der Waals surface area contributed by atoms with Crippen LogP contribution < -0.4 is 11.1 Å². The number of hydrogen-bond donors (Lipinski definition) is 2. The summed E-state index contributed by atoms with van der Waals surface area (Å²) in [6.07, 6.45) is 5.83. The number of rotatable bonds is 4. The van der Waals surface area contributed by atoms with Crippen LogP contribution in [0.4, 0.5) is 0 Å². The Labute approximate surface area is 109 Å². The third kappa shape index (κ3) is 3.21. The molecule has 1 fully saturated rings. The van der Waals surface area contributed by atoms with E-state index in [0.29, 0.717) is 0 Å². The molecule has 3 N–H and O–H groups in total. The number of aryl methyl sites for hydroxylation is 1. The second-order valence-corrected chi connectivity index (χ2v) is 5.37. The molecule has 0 aromatic heterocycles. The highest BCUT2D eigenvalue weighted by Crippen LogP contribution is 2.25. The summed E-state index contributed by atoms with van der Waals surface area (Å²) in [6.45, 7) is 1.82. The maximum Gasteiger partial charge on any atom is 0.0437 e. The van der Waals surface area contributed by atoms with E-state index in [1.807, 2.05) is 18.2 Å². The summed E-state index contributed by atoms with van der Waals surface area (Å²) in [7, 11) is 0. The first-order chi connectivity index (χ1) is 8.26. The fraction of sp³-hybridized carbons (Fsp3) is 0.571. The van der Waals surface area contributed by atoms with Crippen molar-refractivity contribution in [2.75, 3.05) is 13.1 Å². The molecule has 1 aliphatic rings. The zero-order chi connectivity index (χ0) is 12.1. The summed E-state index contributed by atoms with van der Waals surface area (Å²) < 4.78 is 0. The molecule has 0 saturated carbocycles. The van der Waals surface area contributed by atoms with Crippen LogP contribution in [-0.2, 0) is 6.42 Å². The van der Waals surface area contributed by atoms with Crippen molar-refractivity contribution >= 4 is 11.6 Å². The summed E-state index contributed by atoms with van der Waals surface area (Å²) in [4.78, 5) is 0. The maximum atomic E-state index is 6.18. The number of halogens is 1. The SMILES string of the molecule is NCC1(CCc2ccccc2Cl)CCCCN1. The molecule has 0 spiro atoms. The predicted octanol–water partition coefficient (Wildman–Crippen LogP) is 2.74. The van der Waals surface area contributed by atoms with Crippen molar-refractivity contribution < 1.29 is 0 Å². The molecule has 0 aliphatic carbocycles. The monoisotopic (exact) mass is 252 g/mol. The van der Waals surface area contributed by atoms with Crippen LogP contribution in [0.25, 0.3) is 0 Å². The van der Waals surface area contributed by atoms with E-state index in [2.05, 4.69) is 11.4 Å². The van der Waals surface area contributed by atoms with E-state index >= 15 is 0 Å². The molecule has 0 radical (unpaired) electrons. The van der Waals surface area contributed by atoms with Crippen molar-refractivity contribution in [1.29, 1.82) is 0 Å². The van der Waals surface area contributed by atoms with Gasteiger partial charge in [0.25, 0.3) is 0 Å². The summed E-state index contributed by atoms with van der Waals surface area (Å²) in [5.74, 6) is 0. The van der Waals surface area contributed by atoms with Gasteiger partial charge in [-0.15, -0.1) is 0 Å². The summed E-state index contributed by atoms with van der Waals surface area (Å²) in [5.41, 5.74) is 7.31. The van der Waals surface area contributed by atoms with Crippen LogP contribution in [0.15, 0.2) is 24.3 Å². The smallest absolute Gasteiger partial charge is 0.0437 e. The van der Waals surface area contributed by atoms with Gasteiger partial charge in [-0.2, -0.15) is 0 Å². The lowest BCUT2D eigenvalue weighted by Gasteiger charge is -2.37. The van der Waals surface area contributed by atoms with Gasteiger partial charge in [-0.05, 0) is 43.9 Å². The Balaban J connectivity index is 1.98. The molecule has 0 bridgehead atoms. The van der Waals surface area contributed by atoms with Gasteiger partial charge in [0.2, 0.25) is 0 Å². The lowest BCUT2D eigenvalue weighted by molar-refractivity contribution is 0.245. The standard InChI is InChI=1S/C14H21ClN2/c15-13-6-2-1-5-12(13)7-9-14(11-16)8-3-4-10-17-14/h1-2,5-6,17H,3-4,7-11,16H2. The highest BCUT2D eigenvalue weighted by Gasteiger charge is 2.29. The van der Waals surface area contributed by atoms with Gasteiger partial charge in [0, 0.05) is 17.1 Å². The second kappa shape index (κ2) is 5.85. The van der Waals surface area contributed by atoms with Gasteiger partial charge in [-0.3, -0.25) is 0 Å². The first kappa shape index (κ1) is 12.9. The minimum atomic E-state index is 0.136. The lowest BCUT2D eigenvalue weighted by atomic mass is 9.83. The van der Waals surface area contributed by atoms with Gasteiger partial charge < -0.3 is 11.1 Å². The van der Waals surface area contributed by atoms with Crippen LogP contribution in [0.5, 0.6) is 0 Å². The fourth-order valence-electron chi connectivity index (χ4n) is 2.60. The molecule has 1 unspecified atom stereocenters. The zero-order valence-corrected chi connectivity index (χ0v) is 11.0. The van der Waals surface area contributed by atoms with E-state index in [0.717, 1.165) is 31.0 Å². The minimum absolute atomic E-state index is 0.136. The Bertz CT molecular complexity index is 359. The number of benzene rings is 1. The van der Waals surface area contributed by atoms with Crippen LogP contribution in [0, 0.1) is 0 Å². The van der Waals surface area contributed by atoms with E-state index < -0.39 is 0 Å². The van der Waals surface area contributed by atoms with E-state index in [4.69, 9.17) is 17.3 Å². The van der Waals surface area contributed by atoms with Crippen molar-refractivity contribution in [3.8, 4) is 0 Å². The Morgan fingerprint density at radius 2 is 2.12 bits per heavy atom. The van der Waals surface area contributed by atoms with Crippen molar-refractivity contribution in [3.63, 3.8) is 0 Å². The maximum absolute atomic E-state index is 6.18. The van der Waals surface area contributed by atoms with Crippen LogP contribution in [-0.4, -0.2) is 18.6 Å². The zero-order valence-electron chi connectivity index (χ0n) is 10.2. The molecular weight excluding hydrogens is 232 g/mol. The summed E-state index contributed by atoms with van der Waals surface area (Å²) >= 11 is 6.18. The van der Waals surface area contributed by atoms with Crippen molar-refractivity contribution in [2.45, 2.75) is 37.6 Å². The molecule has 2 nitrogen and oxygen atoms in total. The first-order valence-electron chi connectivity index (χ1n) is 6.44. The molecule has 17 heavy (non-hydrogen) atoms. The Morgan fingerprint density at radius 1 is 1.29 bits per heavy atom. The van der Waals surface area contributed by atoms with Crippen LogP contribution >= 0.6 is 11.6 Å². The van der Waals surface area contributed by atoms with Gasteiger partial charge in [0.05, 0.1) is 0 Å². The quantitative estimate of drug-likeness (QED) is 0.865. The third-order valence-electron chi connectivity index (χ3n) is 3.80. The molecule has 0 amide bonds. The lowest BCUT2D eigenvalue weighted by Crippen LogP contribution is -2.54. The molecule has 2 rings (SSSR count). The normalized spacial score (nSPS) is 24.8. The van der Waals surface area contributed by atoms with Gasteiger partial charge in [0.1, 0.15) is 0 Å². The molecule has 1 aliphatic heterocycles. The number of hydrogen-bond acceptors (Lipinski definition) is 2. The van der Waals surface area contributed by atoms with E-state index in [-0.39, 0.29) is 5.54 Å². The van der Waals surface area contributed by atoms with E-state index in [9.17, 15) is 0 Å². The molecule has 1 atom stereocenters. The Kier molecular flexibility index (Phi) is 4.43. The van der Waals surface area contributed by atoms with Crippen molar-refractivity contribution in [2.24, 2.45) is 5.73 Å². The second-order valence-electron chi connectivity index (χ2n) is 4.96. The predicted molar refractivity (Wildman–Crippen MR) is 73.4 cm³/mol. The van der Waals surface area contributed by atoms with E-state index in [1.165, 1.54) is 24.8 Å². The molecule has 1 aromatic rings. The number of nitrogens with two attached hydrogens (primary N) is 1. The average molecular weight is 253 g/mol. The third-order valence-corrected chi connectivity index (χ3v) is 4.17. The molecule has 94 valence electrons. The fourth-order valence-corrected chi connectivity index (χ4v) is 2.83. The van der Waals surface area contributed by atoms with Gasteiger partial charge in [0.15, 0.2) is 0 Å². The van der Waals surface area contributed by atoms with Gasteiger partial charge in [-0.25, -0.2) is 0 Å². The summed E-state index contributed by atoms with van der Waals surface area (Å²) in [5, 5.41) is 4.47. The number of nitrogens with one attached hydrogen (secondary N) is 1. The first-order valence-corrected chi connectivity index (χ1v) is 6.82. The van der Waals surface area contributed by atoms with Crippen molar-refractivity contribution in [3.05, 3.63) is 34.9 Å². The van der Waals surface area contributed by atoms with Gasteiger partial charge >= 0.3 is 0 Å². The van der Waals surface area contributed by atoms with Crippen LogP contribution in [0.1, 0.15) is 31.2 Å². The van der Waals surface area contributed by atoms with Crippen molar-refractivity contribution in [1.82, 2.24) is 5.32 Å². The minimum Gasteiger partial charge on any atom is -0.329 e. The highest BCUT2D eigenvalue weighted by molar-refractivity contribution is 6.31. The average Bonchev–Trinajstić information content (AvgIpc) is 2.39. The molecule has 1 saturated heterocycles. The summed E-state index contributed by atoms with van der Waals surface area (Å²) in [6, 6.07) is 8.09. The topological polar surface area (TPSA) is 38.0 Å². The number of piperidine rings is 1.